The molecule has 0 aromatic rings. The van der Waals surface area contributed by atoms with Crippen molar-refractivity contribution in [3.8, 4) is 0 Å². The van der Waals surface area contributed by atoms with E-state index in [9.17, 15) is 9.59 Å². The normalized spacial score (nSPS) is 26.6. The lowest BCUT2D eigenvalue weighted by Crippen LogP contribution is -2.47. The molecule has 0 bridgehead atoms. The molecule has 0 radical (unpaired) electrons. The van der Waals surface area contributed by atoms with E-state index in [2.05, 4.69) is 0 Å². The van der Waals surface area contributed by atoms with Gasteiger partial charge in [-0.25, -0.2) is 4.79 Å². The Kier molecular flexibility index (Phi) is 2.08. The molecule has 3 amide bonds. The Morgan fingerprint density at radius 3 is 1.83 bits per heavy atom. The van der Waals surface area contributed by atoms with E-state index in [1.807, 2.05) is 0 Å². The summed E-state index contributed by atoms with van der Waals surface area (Å²) in [6.45, 7) is 2.88. The summed E-state index contributed by atoms with van der Waals surface area (Å²) in [7, 11) is 0. The lowest BCUT2D eigenvalue weighted by atomic mass is 10.1. The van der Waals surface area contributed by atoms with Gasteiger partial charge in [0.05, 0.1) is 0 Å². The molecule has 0 aromatic heterocycles. The molecule has 1 aliphatic heterocycles. The number of carbonyl (C=O) groups is 2. The van der Waals surface area contributed by atoms with Crippen LogP contribution in [0.2, 0.25) is 0 Å². The Hall–Kier alpha value is -0.0300. The maximum Gasteiger partial charge on any atom is 0.478 e. The van der Waals surface area contributed by atoms with Crippen molar-refractivity contribution in [1.29, 1.82) is 0 Å². The number of amides is 3. The van der Waals surface area contributed by atoms with Crippen LogP contribution in [0.25, 0.3) is 0 Å². The van der Waals surface area contributed by atoms with Crippen LogP contribution in [0.3, 0.4) is 0 Å². The van der Waals surface area contributed by atoms with Crippen LogP contribution in [0.1, 0.15) is 13.8 Å². The van der Waals surface area contributed by atoms with Crippen molar-refractivity contribution >= 4 is 47.3 Å². The van der Waals surface area contributed by atoms with Crippen molar-refractivity contribution in [2.75, 3.05) is 0 Å². The predicted octanol–water partition coefficient (Wildman–Crippen LogP) is 2.01. The summed E-state index contributed by atoms with van der Waals surface area (Å²) in [5, 5.41) is 0. The fraction of sp³-hybridized carbons (Fsp3) is 0.600. The first-order chi connectivity index (χ1) is 5.23. The summed E-state index contributed by atoms with van der Waals surface area (Å²) in [4.78, 5) is 22.4. The number of hydrogen-bond donors (Lipinski definition) is 0. The van der Waals surface area contributed by atoms with E-state index in [0.717, 1.165) is 0 Å². The molecule has 12 heavy (non-hydrogen) atoms. The molecule has 0 unspecified atom stereocenters. The highest BCUT2D eigenvalue weighted by molar-refractivity contribution is 6.40. The van der Waals surface area contributed by atoms with Crippen molar-refractivity contribution in [2.45, 2.75) is 19.4 Å². The van der Waals surface area contributed by atoms with Gasteiger partial charge < -0.3 is 0 Å². The number of nitrogens with zero attached hydrogens (tertiary/aromatic N) is 2. The van der Waals surface area contributed by atoms with Gasteiger partial charge in [-0.3, -0.25) is 4.79 Å². The monoisotopic (exact) mass is 231 g/mol. The number of halogens is 3. The van der Waals surface area contributed by atoms with Gasteiger partial charge in [-0.2, -0.15) is 0 Å². The molecule has 1 heterocycles. The zero-order valence-electron chi connectivity index (χ0n) is 6.34. The predicted molar refractivity (Wildman–Crippen MR) is 44.1 cm³/mol. The summed E-state index contributed by atoms with van der Waals surface area (Å²) < 4.78 is -0.685. The van der Waals surface area contributed by atoms with Gasteiger partial charge in [0.15, 0.2) is 23.6 Å². The van der Waals surface area contributed by atoms with Gasteiger partial charge in [0.25, 0.3) is 0 Å². The van der Waals surface area contributed by atoms with Crippen molar-refractivity contribution in [3.63, 3.8) is 0 Å². The second-order valence-electron chi connectivity index (χ2n) is 2.94. The number of hydrogen-bond acceptors (Lipinski definition) is 2. The first kappa shape index (κ1) is 10.1. The van der Waals surface area contributed by atoms with E-state index < -0.39 is 21.0 Å². The molecule has 1 saturated heterocycles. The molecule has 4 nitrogen and oxygen atoms in total. The Balaban J connectivity index is 3.24. The number of imide groups is 1. The molecule has 1 fully saturated rings. The average Bonchev–Trinajstić information content (AvgIpc) is 2.05. The van der Waals surface area contributed by atoms with Gasteiger partial charge in [-0.15, -0.1) is 4.42 Å². The van der Waals surface area contributed by atoms with Gasteiger partial charge in [-0.05, 0) is 3.52 Å². The molecule has 0 saturated carbocycles. The molecule has 7 heteroatoms. The van der Waals surface area contributed by atoms with Crippen LogP contribution in [-0.2, 0) is 4.79 Å². The van der Waals surface area contributed by atoms with Crippen molar-refractivity contribution in [1.82, 2.24) is 4.42 Å². The fourth-order valence-corrected chi connectivity index (χ4v) is 1.49. The Labute approximate surface area is 84.5 Å². The average molecular weight is 232 g/mol. The van der Waals surface area contributed by atoms with Gasteiger partial charge in [-0.1, -0.05) is 0 Å². The largest absolute Gasteiger partial charge is 0.478 e. The number of quaternary nitrogens is 1. The van der Waals surface area contributed by atoms with E-state index in [0.29, 0.717) is 4.42 Å². The third-order valence-electron chi connectivity index (χ3n) is 1.81. The maximum atomic E-state index is 11.2. The molecule has 68 valence electrons. The third kappa shape index (κ3) is 0.956. The highest BCUT2D eigenvalue weighted by atomic mass is 35.5. The maximum absolute atomic E-state index is 11.2. The molecular weight excluding hydrogens is 226 g/mol. The van der Waals surface area contributed by atoms with E-state index in [4.69, 9.17) is 35.3 Å². The minimum atomic E-state index is -1.23. The van der Waals surface area contributed by atoms with Gasteiger partial charge in [0.2, 0.25) is 5.54 Å². The van der Waals surface area contributed by atoms with Gasteiger partial charge >= 0.3 is 11.9 Å². The molecule has 0 aromatic carbocycles. The lowest BCUT2D eigenvalue weighted by molar-refractivity contribution is -0.642. The van der Waals surface area contributed by atoms with Crippen LogP contribution in [0.5, 0.6) is 0 Å². The second kappa shape index (κ2) is 2.48. The molecule has 0 atom stereocenters. The SMILES string of the molecule is CC1(C)C(=O)N(Cl)C(=O)[N+]1(Cl)Cl. The van der Waals surface area contributed by atoms with Crippen LogP contribution >= 0.6 is 35.3 Å². The van der Waals surface area contributed by atoms with Crippen LogP contribution in [0, 0.1) is 0 Å². The van der Waals surface area contributed by atoms with Crippen molar-refractivity contribution < 1.29 is 13.1 Å². The van der Waals surface area contributed by atoms with E-state index in [1.54, 1.807) is 0 Å². The molecule has 0 aliphatic carbocycles. The first-order valence-electron chi connectivity index (χ1n) is 3.06. The number of carbonyl (C=O) groups excluding carboxylic acids is 2. The highest BCUT2D eigenvalue weighted by Gasteiger charge is 2.67. The summed E-state index contributed by atoms with van der Waals surface area (Å²) in [6, 6.07) is -0.852. The molecule has 1 rings (SSSR count). The molecule has 0 N–H and O–H groups in total. The van der Waals surface area contributed by atoms with Crippen molar-refractivity contribution in [2.24, 2.45) is 0 Å². The van der Waals surface area contributed by atoms with Crippen LogP contribution in [-0.4, -0.2) is 25.4 Å². The standard InChI is InChI=1S/C5H6Cl3N2O2/c1-5(2)3(11)9(6)4(12)10(5,7)8/h1-2H3/q+1. The Morgan fingerprint density at radius 1 is 1.33 bits per heavy atom. The summed E-state index contributed by atoms with van der Waals surface area (Å²) >= 11 is 16.5. The highest BCUT2D eigenvalue weighted by Crippen LogP contribution is 2.42. The smallest absolute Gasteiger partial charge is 0.265 e. The first-order valence-corrected chi connectivity index (χ1v) is 4.07. The van der Waals surface area contributed by atoms with E-state index >= 15 is 0 Å². The fourth-order valence-electron chi connectivity index (χ4n) is 0.797. The number of rotatable bonds is 0. The van der Waals surface area contributed by atoms with E-state index in [-0.39, 0.29) is 0 Å². The minimum Gasteiger partial charge on any atom is -0.265 e. The zero-order valence-corrected chi connectivity index (χ0v) is 8.61. The zero-order chi connectivity index (χ0) is 9.73. The van der Waals surface area contributed by atoms with Crippen LogP contribution < -0.4 is 0 Å². The van der Waals surface area contributed by atoms with Crippen LogP contribution in [0.4, 0.5) is 4.79 Å². The quantitative estimate of drug-likeness (QED) is 0.473. The lowest BCUT2D eigenvalue weighted by Gasteiger charge is -2.20. The molecule has 0 spiro atoms. The summed E-state index contributed by atoms with van der Waals surface area (Å²) in [5.41, 5.74) is -1.23. The van der Waals surface area contributed by atoms with E-state index in [1.165, 1.54) is 13.8 Å². The minimum absolute atomic E-state index is 0.403. The molecule has 1 aliphatic rings. The van der Waals surface area contributed by atoms with Crippen molar-refractivity contribution in [3.05, 3.63) is 0 Å². The summed E-state index contributed by atoms with van der Waals surface area (Å²) in [5.74, 6) is -0.612. The topological polar surface area (TPSA) is 37.4 Å². The molecular formula is C5H6Cl3N2O2+. The van der Waals surface area contributed by atoms with Crippen LogP contribution in [0.15, 0.2) is 0 Å². The van der Waals surface area contributed by atoms with Gasteiger partial charge in [0, 0.05) is 25.6 Å². The Bertz CT molecular complexity index is 237. The Morgan fingerprint density at radius 2 is 1.75 bits per heavy atom. The van der Waals surface area contributed by atoms with Gasteiger partial charge in [0.1, 0.15) is 0 Å². The third-order valence-corrected chi connectivity index (χ3v) is 3.24. The summed E-state index contributed by atoms with van der Waals surface area (Å²) in [6.07, 6.45) is 0. The number of urea groups is 1. The second-order valence-corrected chi connectivity index (χ2v) is 4.47.